The lowest BCUT2D eigenvalue weighted by molar-refractivity contribution is -0.142. The van der Waals surface area contributed by atoms with Crippen molar-refractivity contribution in [3.8, 4) is 5.75 Å². The highest BCUT2D eigenvalue weighted by atomic mass is 19.3. The van der Waals surface area contributed by atoms with Gasteiger partial charge in [-0.25, -0.2) is 4.79 Å². The van der Waals surface area contributed by atoms with Crippen molar-refractivity contribution in [1.82, 2.24) is 5.32 Å². The Balaban J connectivity index is 1.82. The summed E-state index contributed by atoms with van der Waals surface area (Å²) in [7, 11) is 0. The number of aliphatic carboxylic acids is 1. The molecule has 0 spiro atoms. The minimum atomic E-state index is -2.93. The van der Waals surface area contributed by atoms with E-state index in [1.807, 2.05) is 0 Å². The number of urea groups is 1. The molecule has 126 valence electrons. The Hall–Kier alpha value is -2.38. The Bertz CT molecular complexity index is 560. The number of ether oxygens (including phenoxy) is 1. The SMILES string of the molecule is O=C(Nc1cccc(OC(F)F)c1)NC1CCC(C(=O)O)CC1. The molecule has 2 amide bonds. The van der Waals surface area contributed by atoms with Gasteiger partial charge in [-0.15, -0.1) is 0 Å². The molecule has 1 fully saturated rings. The van der Waals surface area contributed by atoms with Crippen LogP contribution < -0.4 is 15.4 Å². The fraction of sp³-hybridized carbons (Fsp3) is 0.467. The average Bonchev–Trinajstić information content (AvgIpc) is 2.47. The summed E-state index contributed by atoms with van der Waals surface area (Å²) in [6, 6.07) is 5.16. The van der Waals surface area contributed by atoms with Gasteiger partial charge in [0, 0.05) is 17.8 Å². The molecule has 1 aliphatic carbocycles. The van der Waals surface area contributed by atoms with Crippen molar-refractivity contribution in [3.05, 3.63) is 24.3 Å². The molecule has 0 saturated heterocycles. The Kier molecular flexibility index (Phi) is 5.72. The molecule has 1 aromatic carbocycles. The van der Waals surface area contributed by atoms with Gasteiger partial charge in [0.2, 0.25) is 0 Å². The monoisotopic (exact) mass is 328 g/mol. The van der Waals surface area contributed by atoms with Crippen molar-refractivity contribution in [3.63, 3.8) is 0 Å². The van der Waals surface area contributed by atoms with Crippen molar-refractivity contribution in [2.24, 2.45) is 5.92 Å². The molecule has 1 saturated carbocycles. The third-order valence-corrected chi connectivity index (χ3v) is 3.73. The molecule has 1 aliphatic rings. The quantitative estimate of drug-likeness (QED) is 0.775. The van der Waals surface area contributed by atoms with Gasteiger partial charge in [-0.1, -0.05) is 6.07 Å². The predicted octanol–water partition coefficient (Wildman–Crippen LogP) is 3.05. The van der Waals surface area contributed by atoms with Gasteiger partial charge < -0.3 is 20.5 Å². The molecule has 8 heteroatoms. The van der Waals surface area contributed by atoms with Gasteiger partial charge in [-0.2, -0.15) is 8.78 Å². The molecular weight excluding hydrogens is 310 g/mol. The number of anilines is 1. The van der Waals surface area contributed by atoms with Gasteiger partial charge in [0.05, 0.1) is 5.92 Å². The zero-order valence-corrected chi connectivity index (χ0v) is 12.3. The van der Waals surface area contributed by atoms with Crippen LogP contribution >= 0.6 is 0 Å². The predicted molar refractivity (Wildman–Crippen MR) is 78.6 cm³/mol. The lowest BCUT2D eigenvalue weighted by atomic mass is 9.86. The number of alkyl halides is 2. The molecule has 0 radical (unpaired) electrons. The van der Waals surface area contributed by atoms with Crippen LogP contribution in [0.2, 0.25) is 0 Å². The van der Waals surface area contributed by atoms with Crippen LogP contribution in [0, 0.1) is 5.92 Å². The second kappa shape index (κ2) is 7.75. The maximum atomic E-state index is 12.1. The molecular formula is C15H18F2N2O4. The molecule has 3 N–H and O–H groups in total. The Morgan fingerprint density at radius 2 is 1.91 bits per heavy atom. The molecule has 1 aromatic rings. The van der Waals surface area contributed by atoms with Gasteiger partial charge in [0.1, 0.15) is 5.75 Å². The summed E-state index contributed by atoms with van der Waals surface area (Å²) in [4.78, 5) is 22.8. The number of hydrogen-bond donors (Lipinski definition) is 3. The van der Waals surface area contributed by atoms with E-state index in [2.05, 4.69) is 15.4 Å². The first kappa shape index (κ1) is 17.0. The van der Waals surface area contributed by atoms with E-state index in [-0.39, 0.29) is 17.7 Å². The maximum Gasteiger partial charge on any atom is 0.387 e. The second-order valence-corrected chi connectivity index (χ2v) is 5.39. The fourth-order valence-corrected chi connectivity index (χ4v) is 2.59. The summed E-state index contributed by atoms with van der Waals surface area (Å²) in [6.45, 7) is -2.93. The molecule has 0 atom stereocenters. The Labute approximate surface area is 131 Å². The minimum Gasteiger partial charge on any atom is -0.481 e. The molecule has 0 unspecified atom stereocenters. The average molecular weight is 328 g/mol. The van der Waals surface area contributed by atoms with Gasteiger partial charge in [0.25, 0.3) is 0 Å². The number of carbonyl (C=O) groups is 2. The maximum absolute atomic E-state index is 12.1. The number of carboxylic acids is 1. The van der Waals surface area contributed by atoms with E-state index < -0.39 is 18.6 Å². The lowest BCUT2D eigenvalue weighted by Crippen LogP contribution is -2.40. The first-order chi connectivity index (χ1) is 10.9. The largest absolute Gasteiger partial charge is 0.481 e. The number of benzene rings is 1. The molecule has 6 nitrogen and oxygen atoms in total. The van der Waals surface area contributed by atoms with E-state index in [0.29, 0.717) is 31.4 Å². The van der Waals surface area contributed by atoms with E-state index in [9.17, 15) is 18.4 Å². The van der Waals surface area contributed by atoms with E-state index in [1.54, 1.807) is 6.07 Å². The standard InChI is InChI=1S/C15H18F2N2O4/c16-14(17)23-12-3-1-2-11(8-12)19-15(22)18-10-6-4-9(5-7-10)13(20)21/h1-3,8-10,14H,4-7H2,(H,20,21)(H2,18,19,22). The number of hydrogen-bond acceptors (Lipinski definition) is 3. The number of carbonyl (C=O) groups excluding carboxylic acids is 1. The van der Waals surface area contributed by atoms with E-state index in [1.165, 1.54) is 18.2 Å². The smallest absolute Gasteiger partial charge is 0.387 e. The van der Waals surface area contributed by atoms with Crippen LogP contribution in [0.4, 0.5) is 19.3 Å². The van der Waals surface area contributed by atoms with Crippen molar-refractivity contribution < 1.29 is 28.2 Å². The highest BCUT2D eigenvalue weighted by Gasteiger charge is 2.26. The van der Waals surface area contributed by atoms with Crippen LogP contribution in [-0.2, 0) is 4.79 Å². The Morgan fingerprint density at radius 1 is 1.22 bits per heavy atom. The summed E-state index contributed by atoms with van der Waals surface area (Å²) in [6.07, 6.45) is 2.24. The summed E-state index contributed by atoms with van der Waals surface area (Å²) in [5.74, 6) is -1.19. The summed E-state index contributed by atoms with van der Waals surface area (Å²) < 4.78 is 28.6. The van der Waals surface area contributed by atoms with Gasteiger partial charge >= 0.3 is 18.6 Å². The van der Waals surface area contributed by atoms with Crippen molar-refractivity contribution in [2.45, 2.75) is 38.3 Å². The normalized spacial score (nSPS) is 20.8. The van der Waals surface area contributed by atoms with Gasteiger partial charge in [-0.05, 0) is 37.8 Å². The third kappa shape index (κ3) is 5.39. The molecule has 2 rings (SSSR count). The van der Waals surface area contributed by atoms with Crippen molar-refractivity contribution in [1.29, 1.82) is 0 Å². The van der Waals surface area contributed by atoms with Crippen LogP contribution in [0.25, 0.3) is 0 Å². The first-order valence-electron chi connectivity index (χ1n) is 7.29. The third-order valence-electron chi connectivity index (χ3n) is 3.73. The fourth-order valence-electron chi connectivity index (χ4n) is 2.59. The van der Waals surface area contributed by atoms with Crippen LogP contribution in [0.1, 0.15) is 25.7 Å². The Morgan fingerprint density at radius 3 is 2.52 bits per heavy atom. The van der Waals surface area contributed by atoms with Gasteiger partial charge in [0.15, 0.2) is 0 Å². The first-order valence-corrected chi connectivity index (χ1v) is 7.29. The van der Waals surface area contributed by atoms with Crippen LogP contribution in [0.3, 0.4) is 0 Å². The highest BCUT2D eigenvalue weighted by Crippen LogP contribution is 2.24. The van der Waals surface area contributed by atoms with E-state index in [0.717, 1.165) is 0 Å². The zero-order valence-electron chi connectivity index (χ0n) is 12.3. The van der Waals surface area contributed by atoms with Crippen molar-refractivity contribution >= 4 is 17.7 Å². The topological polar surface area (TPSA) is 87.7 Å². The summed E-state index contributed by atoms with van der Waals surface area (Å²) >= 11 is 0. The number of carboxylic acid groups (broad SMARTS) is 1. The van der Waals surface area contributed by atoms with Gasteiger partial charge in [-0.3, -0.25) is 4.79 Å². The highest BCUT2D eigenvalue weighted by molar-refractivity contribution is 5.89. The molecule has 0 aliphatic heterocycles. The second-order valence-electron chi connectivity index (χ2n) is 5.39. The molecule has 23 heavy (non-hydrogen) atoms. The summed E-state index contributed by atoms with van der Waals surface area (Å²) in [5, 5.41) is 14.2. The van der Waals surface area contributed by atoms with Crippen LogP contribution in [0.15, 0.2) is 24.3 Å². The van der Waals surface area contributed by atoms with Crippen molar-refractivity contribution in [2.75, 3.05) is 5.32 Å². The number of rotatable bonds is 5. The van der Waals surface area contributed by atoms with Crippen LogP contribution in [0.5, 0.6) is 5.75 Å². The molecule has 0 heterocycles. The van der Waals surface area contributed by atoms with E-state index >= 15 is 0 Å². The van der Waals surface area contributed by atoms with Crippen LogP contribution in [-0.4, -0.2) is 29.8 Å². The lowest BCUT2D eigenvalue weighted by Gasteiger charge is -2.26. The number of halogens is 2. The summed E-state index contributed by atoms with van der Waals surface area (Å²) in [5.41, 5.74) is 0.333. The minimum absolute atomic E-state index is 0.0419. The zero-order chi connectivity index (χ0) is 16.8. The number of nitrogens with one attached hydrogen (secondary N) is 2. The molecule has 0 bridgehead atoms. The number of amides is 2. The molecule has 0 aromatic heterocycles. The van der Waals surface area contributed by atoms with E-state index in [4.69, 9.17) is 5.11 Å².